The number of nitrogens with one attached hydrogen (secondary N) is 2. The summed E-state index contributed by atoms with van der Waals surface area (Å²) >= 11 is 0. The molecule has 1 aliphatic rings. The molecule has 0 amide bonds. The molecule has 2 aromatic heterocycles. The van der Waals surface area contributed by atoms with E-state index < -0.39 is 0 Å². The van der Waals surface area contributed by atoms with Gasteiger partial charge in [-0.25, -0.2) is 0 Å². The minimum Gasteiger partial charge on any atom is -0.379 e. The molecular weight excluding hydrogens is 318 g/mol. The zero-order chi connectivity index (χ0) is 18.4. The predicted molar refractivity (Wildman–Crippen MR) is 97.4 cm³/mol. The molecule has 0 aromatic carbocycles. The van der Waals surface area contributed by atoms with E-state index in [1.54, 1.807) is 0 Å². The number of morpholine rings is 1. The number of ether oxygens (including phenoxy) is 1. The molecule has 3 heterocycles. The number of H-pyrrole nitrogens is 2. The van der Waals surface area contributed by atoms with Crippen LogP contribution in [0.3, 0.4) is 0 Å². The molecule has 2 aromatic rings. The molecule has 136 valence electrons. The molecule has 1 saturated heterocycles. The van der Waals surface area contributed by atoms with Gasteiger partial charge in [0.2, 0.25) is 0 Å². The molecule has 1 aliphatic heterocycles. The van der Waals surface area contributed by atoms with Crippen LogP contribution in [0.1, 0.15) is 49.1 Å². The lowest BCUT2D eigenvalue weighted by Crippen LogP contribution is -2.35. The maximum atomic E-state index is 10.8. The fourth-order valence-electron chi connectivity index (χ4n) is 3.02. The molecule has 25 heavy (non-hydrogen) atoms. The third-order valence-electron chi connectivity index (χ3n) is 4.54. The van der Waals surface area contributed by atoms with Crippen molar-refractivity contribution in [2.45, 2.75) is 34.2 Å². The molecule has 0 bridgehead atoms. The second kappa shape index (κ2) is 8.78. The van der Waals surface area contributed by atoms with Crippen LogP contribution in [0, 0.1) is 27.7 Å². The van der Waals surface area contributed by atoms with E-state index in [2.05, 4.69) is 14.9 Å². The van der Waals surface area contributed by atoms with E-state index in [4.69, 9.17) is 4.74 Å². The first-order chi connectivity index (χ1) is 12.0. The largest absolute Gasteiger partial charge is 0.379 e. The van der Waals surface area contributed by atoms with Crippen LogP contribution in [-0.4, -0.2) is 53.7 Å². The highest BCUT2D eigenvalue weighted by atomic mass is 16.5. The highest BCUT2D eigenvalue weighted by molar-refractivity contribution is 5.76. The summed E-state index contributed by atoms with van der Waals surface area (Å²) in [7, 11) is 0. The van der Waals surface area contributed by atoms with Gasteiger partial charge in [0.05, 0.1) is 24.6 Å². The van der Waals surface area contributed by atoms with Crippen molar-refractivity contribution in [1.82, 2.24) is 14.9 Å². The lowest BCUT2D eigenvalue weighted by Gasteiger charge is -2.26. The number of rotatable bonds is 4. The monoisotopic (exact) mass is 345 g/mol. The van der Waals surface area contributed by atoms with E-state index in [1.165, 1.54) is 5.56 Å². The van der Waals surface area contributed by atoms with Gasteiger partial charge in [-0.05, 0) is 50.5 Å². The Balaban J connectivity index is 0.000000212. The third kappa shape index (κ3) is 4.90. The lowest BCUT2D eigenvalue weighted by atomic mass is 10.1. The summed E-state index contributed by atoms with van der Waals surface area (Å²) in [5.41, 5.74) is 6.89. The number of carbonyl (C=O) groups is 2. The zero-order valence-corrected chi connectivity index (χ0v) is 15.4. The molecule has 0 saturated carbocycles. The van der Waals surface area contributed by atoms with Crippen molar-refractivity contribution < 1.29 is 14.3 Å². The van der Waals surface area contributed by atoms with Gasteiger partial charge in [-0.1, -0.05) is 0 Å². The minimum absolute atomic E-state index is 0.688. The van der Waals surface area contributed by atoms with Crippen LogP contribution in [0.25, 0.3) is 0 Å². The Morgan fingerprint density at radius 3 is 2.12 bits per heavy atom. The Labute approximate surface area is 148 Å². The van der Waals surface area contributed by atoms with Crippen LogP contribution < -0.4 is 0 Å². The summed E-state index contributed by atoms with van der Waals surface area (Å²) in [6.45, 7) is 12.3. The molecule has 6 heteroatoms. The highest BCUT2D eigenvalue weighted by Crippen LogP contribution is 2.19. The summed E-state index contributed by atoms with van der Waals surface area (Å²) in [5, 5.41) is 0. The average molecular weight is 345 g/mol. The molecular formula is C19H27N3O3. The fourth-order valence-corrected chi connectivity index (χ4v) is 3.02. The van der Waals surface area contributed by atoms with E-state index in [1.807, 2.05) is 33.8 Å². The smallest absolute Gasteiger partial charge is 0.166 e. The Morgan fingerprint density at radius 2 is 1.68 bits per heavy atom. The predicted octanol–water partition coefficient (Wildman–Crippen LogP) is 2.72. The molecule has 0 spiro atoms. The number of aldehydes is 2. The summed E-state index contributed by atoms with van der Waals surface area (Å²) in [4.78, 5) is 29.4. The molecule has 0 aliphatic carbocycles. The Hall–Kier alpha value is -2.18. The maximum absolute atomic E-state index is 10.8. The van der Waals surface area contributed by atoms with Crippen LogP contribution >= 0.6 is 0 Å². The van der Waals surface area contributed by atoms with Gasteiger partial charge in [-0.2, -0.15) is 0 Å². The van der Waals surface area contributed by atoms with Crippen molar-refractivity contribution in [3.63, 3.8) is 0 Å². The van der Waals surface area contributed by atoms with Crippen molar-refractivity contribution >= 4 is 12.6 Å². The molecule has 6 nitrogen and oxygen atoms in total. The van der Waals surface area contributed by atoms with Gasteiger partial charge < -0.3 is 14.7 Å². The van der Waals surface area contributed by atoms with Crippen LogP contribution in [0.5, 0.6) is 0 Å². The normalized spacial score (nSPS) is 14.7. The number of carbonyl (C=O) groups excluding carboxylic acids is 2. The van der Waals surface area contributed by atoms with E-state index in [9.17, 15) is 9.59 Å². The van der Waals surface area contributed by atoms with Gasteiger partial charge >= 0.3 is 0 Å². The van der Waals surface area contributed by atoms with Crippen molar-refractivity contribution in [2.75, 3.05) is 26.3 Å². The molecule has 1 fully saturated rings. The SMILES string of the molecule is Cc1[nH]c(C=O)c(C)c1CN1CCOCC1.Cc1cc(C)c(C=O)[nH]1. The number of aromatic amines is 2. The molecule has 3 rings (SSSR count). The number of hydrogen-bond donors (Lipinski definition) is 2. The highest BCUT2D eigenvalue weighted by Gasteiger charge is 2.16. The van der Waals surface area contributed by atoms with Crippen molar-refractivity contribution in [3.8, 4) is 0 Å². The third-order valence-corrected chi connectivity index (χ3v) is 4.54. The second-order valence-electron chi connectivity index (χ2n) is 6.44. The summed E-state index contributed by atoms with van der Waals surface area (Å²) in [5.74, 6) is 0. The molecule has 0 unspecified atom stereocenters. The number of hydrogen-bond acceptors (Lipinski definition) is 4. The van der Waals surface area contributed by atoms with Gasteiger partial charge in [0.15, 0.2) is 12.6 Å². The zero-order valence-electron chi connectivity index (χ0n) is 15.4. The van der Waals surface area contributed by atoms with E-state index in [-0.39, 0.29) is 0 Å². The van der Waals surface area contributed by atoms with Crippen LogP contribution in [0.4, 0.5) is 0 Å². The fraction of sp³-hybridized carbons (Fsp3) is 0.474. The van der Waals surface area contributed by atoms with Gasteiger partial charge in [0.1, 0.15) is 0 Å². The molecule has 0 radical (unpaired) electrons. The topological polar surface area (TPSA) is 78.2 Å². The van der Waals surface area contributed by atoms with Gasteiger partial charge in [0.25, 0.3) is 0 Å². The first kappa shape index (κ1) is 19.1. The minimum atomic E-state index is 0.688. The van der Waals surface area contributed by atoms with Gasteiger partial charge in [0, 0.05) is 31.0 Å². The number of nitrogens with zero attached hydrogens (tertiary/aromatic N) is 1. The average Bonchev–Trinajstić information content (AvgIpc) is 3.08. The van der Waals surface area contributed by atoms with Crippen LogP contribution in [0.2, 0.25) is 0 Å². The maximum Gasteiger partial charge on any atom is 0.166 e. The van der Waals surface area contributed by atoms with E-state index >= 15 is 0 Å². The lowest BCUT2D eigenvalue weighted by molar-refractivity contribution is 0.0340. The first-order valence-electron chi connectivity index (χ1n) is 8.51. The summed E-state index contributed by atoms with van der Waals surface area (Å²) < 4.78 is 5.32. The number of aryl methyl sites for hydroxylation is 3. The van der Waals surface area contributed by atoms with Gasteiger partial charge in [-0.3, -0.25) is 14.5 Å². The van der Waals surface area contributed by atoms with Gasteiger partial charge in [-0.15, -0.1) is 0 Å². The van der Waals surface area contributed by atoms with Crippen LogP contribution in [0.15, 0.2) is 6.07 Å². The molecule has 0 atom stereocenters. The van der Waals surface area contributed by atoms with Crippen molar-refractivity contribution in [3.05, 3.63) is 45.5 Å². The quantitative estimate of drug-likeness (QED) is 0.835. The first-order valence-corrected chi connectivity index (χ1v) is 8.51. The van der Waals surface area contributed by atoms with Crippen molar-refractivity contribution in [1.29, 1.82) is 0 Å². The molecule has 2 N–H and O–H groups in total. The number of aromatic nitrogens is 2. The Morgan fingerprint density at radius 1 is 1.04 bits per heavy atom. The summed E-state index contributed by atoms with van der Waals surface area (Å²) in [6, 6.07) is 1.95. The standard InChI is InChI=1S/C12H18N2O2.C7H9NO/c1-9-11(10(2)13-12(9)8-15)7-14-3-5-16-6-4-14;1-5-3-6(2)8-7(5)4-9/h8,13H,3-7H2,1-2H3;3-4,8H,1-2H3. The van der Waals surface area contributed by atoms with E-state index in [0.29, 0.717) is 11.4 Å². The summed E-state index contributed by atoms with van der Waals surface area (Å²) in [6.07, 6.45) is 1.73. The Bertz CT molecular complexity index is 725. The second-order valence-corrected chi connectivity index (χ2v) is 6.44. The van der Waals surface area contributed by atoms with E-state index in [0.717, 1.165) is 67.9 Å². The Kier molecular flexibility index (Phi) is 6.73. The van der Waals surface area contributed by atoms with Crippen molar-refractivity contribution in [2.24, 2.45) is 0 Å². The van der Waals surface area contributed by atoms with Crippen LogP contribution in [-0.2, 0) is 11.3 Å².